The van der Waals surface area contributed by atoms with Gasteiger partial charge in [0.1, 0.15) is 5.01 Å². The molecule has 5 heteroatoms. The minimum Gasteiger partial charge on any atom is -0.461 e. The van der Waals surface area contributed by atoms with Crippen molar-refractivity contribution >= 4 is 17.3 Å². The van der Waals surface area contributed by atoms with Crippen molar-refractivity contribution in [2.24, 2.45) is 11.7 Å². The van der Waals surface area contributed by atoms with Gasteiger partial charge < -0.3 is 10.5 Å². The Morgan fingerprint density at radius 2 is 2.53 bits per heavy atom. The molecule has 1 saturated carbocycles. The molecule has 1 atom stereocenters. The zero-order valence-electron chi connectivity index (χ0n) is 8.60. The van der Waals surface area contributed by atoms with Gasteiger partial charge in [-0.15, -0.1) is 11.3 Å². The average Bonchev–Trinajstić information content (AvgIpc) is 2.88. The molecule has 1 aliphatic carbocycles. The van der Waals surface area contributed by atoms with Crippen molar-refractivity contribution in [2.45, 2.75) is 25.8 Å². The van der Waals surface area contributed by atoms with Crippen LogP contribution >= 0.6 is 11.3 Å². The molecule has 0 aliphatic heterocycles. The third-order valence-electron chi connectivity index (χ3n) is 2.27. The van der Waals surface area contributed by atoms with Gasteiger partial charge >= 0.3 is 5.97 Å². The van der Waals surface area contributed by atoms with E-state index in [4.69, 9.17) is 10.5 Å². The molecule has 1 aliphatic rings. The molecule has 2 N–H and O–H groups in total. The predicted molar refractivity (Wildman–Crippen MR) is 57.7 cm³/mol. The zero-order chi connectivity index (χ0) is 10.8. The van der Waals surface area contributed by atoms with Crippen molar-refractivity contribution in [1.82, 2.24) is 4.98 Å². The molecule has 0 aromatic carbocycles. The number of nitrogens with two attached hydrogens (primary N) is 1. The molecule has 0 saturated heterocycles. The van der Waals surface area contributed by atoms with E-state index in [-0.39, 0.29) is 12.0 Å². The fourth-order valence-electron chi connectivity index (χ4n) is 1.14. The minimum absolute atomic E-state index is 0.125. The van der Waals surface area contributed by atoms with E-state index in [1.165, 1.54) is 24.2 Å². The van der Waals surface area contributed by atoms with E-state index in [1.54, 1.807) is 5.38 Å². The van der Waals surface area contributed by atoms with Gasteiger partial charge in [-0.25, -0.2) is 9.78 Å². The maximum Gasteiger partial charge on any atom is 0.357 e. The molecular weight excluding hydrogens is 212 g/mol. The van der Waals surface area contributed by atoms with Crippen LogP contribution in [0.25, 0.3) is 0 Å². The van der Waals surface area contributed by atoms with Crippen LogP contribution in [0.1, 0.15) is 41.3 Å². The van der Waals surface area contributed by atoms with Crippen molar-refractivity contribution in [3.05, 3.63) is 16.1 Å². The molecule has 1 heterocycles. The summed E-state index contributed by atoms with van der Waals surface area (Å²) in [6.45, 7) is 2.38. The van der Waals surface area contributed by atoms with E-state index in [9.17, 15) is 4.79 Å². The van der Waals surface area contributed by atoms with Gasteiger partial charge in [0, 0.05) is 5.38 Å². The Bertz CT molecular complexity index is 358. The largest absolute Gasteiger partial charge is 0.461 e. The molecule has 0 spiro atoms. The first-order chi connectivity index (χ1) is 7.16. The highest BCUT2D eigenvalue weighted by Crippen LogP contribution is 2.29. The molecule has 4 nitrogen and oxygen atoms in total. The fourth-order valence-corrected chi connectivity index (χ4v) is 1.89. The first-order valence-corrected chi connectivity index (χ1v) is 5.93. The average molecular weight is 226 g/mol. The van der Waals surface area contributed by atoms with E-state index < -0.39 is 0 Å². The van der Waals surface area contributed by atoms with E-state index in [1.807, 2.05) is 6.92 Å². The Morgan fingerprint density at radius 3 is 3.07 bits per heavy atom. The normalized spacial score (nSPS) is 17.5. The lowest BCUT2D eigenvalue weighted by Gasteiger charge is -2.00. The van der Waals surface area contributed by atoms with Crippen LogP contribution in [0, 0.1) is 5.92 Å². The van der Waals surface area contributed by atoms with Crippen LogP contribution in [0.2, 0.25) is 0 Å². The second-order valence-corrected chi connectivity index (χ2v) is 4.79. The summed E-state index contributed by atoms with van der Waals surface area (Å²) in [5.74, 6) is 0.255. The summed E-state index contributed by atoms with van der Waals surface area (Å²) in [4.78, 5) is 15.6. The van der Waals surface area contributed by atoms with Crippen molar-refractivity contribution in [2.75, 3.05) is 6.61 Å². The van der Waals surface area contributed by atoms with Crippen LogP contribution in [0.4, 0.5) is 0 Å². The van der Waals surface area contributed by atoms with E-state index >= 15 is 0 Å². The van der Waals surface area contributed by atoms with Crippen molar-refractivity contribution in [3.63, 3.8) is 0 Å². The Kier molecular flexibility index (Phi) is 3.02. The third kappa shape index (κ3) is 2.76. The number of carbonyl (C=O) groups is 1. The van der Waals surface area contributed by atoms with Crippen LogP contribution in [0.5, 0.6) is 0 Å². The van der Waals surface area contributed by atoms with Crippen LogP contribution in [-0.4, -0.2) is 17.6 Å². The second-order valence-electron chi connectivity index (χ2n) is 3.90. The second kappa shape index (κ2) is 4.28. The number of esters is 1. The van der Waals surface area contributed by atoms with Gasteiger partial charge in [0.15, 0.2) is 5.69 Å². The maximum atomic E-state index is 11.5. The van der Waals surface area contributed by atoms with E-state index in [2.05, 4.69) is 4.98 Å². The van der Waals surface area contributed by atoms with Gasteiger partial charge in [0.05, 0.1) is 12.6 Å². The van der Waals surface area contributed by atoms with E-state index in [0.29, 0.717) is 18.2 Å². The van der Waals surface area contributed by atoms with Crippen molar-refractivity contribution < 1.29 is 9.53 Å². The predicted octanol–water partition coefficient (Wildman–Crippen LogP) is 1.73. The number of nitrogens with zero attached hydrogens (tertiary/aromatic N) is 1. The Balaban J connectivity index is 1.92. The van der Waals surface area contributed by atoms with Crippen LogP contribution < -0.4 is 5.73 Å². The van der Waals surface area contributed by atoms with Gasteiger partial charge in [-0.2, -0.15) is 0 Å². The summed E-state index contributed by atoms with van der Waals surface area (Å²) in [7, 11) is 0. The van der Waals surface area contributed by atoms with Crippen LogP contribution in [0.3, 0.4) is 0 Å². The molecule has 0 bridgehead atoms. The number of carbonyl (C=O) groups excluding carboxylic acids is 1. The van der Waals surface area contributed by atoms with Crippen molar-refractivity contribution in [1.29, 1.82) is 0 Å². The SMILES string of the molecule is CC(N)c1nc(C(=O)OCC2CC2)cs1. The smallest absolute Gasteiger partial charge is 0.357 e. The van der Waals surface area contributed by atoms with Crippen LogP contribution in [-0.2, 0) is 4.74 Å². The molecule has 2 rings (SSSR count). The Hall–Kier alpha value is -0.940. The van der Waals surface area contributed by atoms with Gasteiger partial charge in [0.25, 0.3) is 0 Å². The fraction of sp³-hybridized carbons (Fsp3) is 0.600. The molecular formula is C10H14N2O2S. The first kappa shape index (κ1) is 10.6. The molecule has 1 aromatic heterocycles. The minimum atomic E-state index is -0.329. The monoisotopic (exact) mass is 226 g/mol. The highest BCUT2D eigenvalue weighted by molar-refractivity contribution is 7.09. The Morgan fingerprint density at radius 1 is 1.80 bits per heavy atom. The van der Waals surface area contributed by atoms with Crippen molar-refractivity contribution in [3.8, 4) is 0 Å². The summed E-state index contributed by atoms with van der Waals surface area (Å²) in [6, 6.07) is -0.125. The lowest BCUT2D eigenvalue weighted by Crippen LogP contribution is -2.09. The quantitative estimate of drug-likeness (QED) is 0.794. The van der Waals surface area contributed by atoms with Crippen LogP contribution in [0.15, 0.2) is 5.38 Å². The molecule has 0 radical (unpaired) electrons. The molecule has 1 unspecified atom stereocenters. The summed E-state index contributed by atoms with van der Waals surface area (Å²) in [5.41, 5.74) is 6.04. The Labute approximate surface area is 92.5 Å². The zero-order valence-corrected chi connectivity index (χ0v) is 9.42. The lowest BCUT2D eigenvalue weighted by molar-refractivity contribution is 0.0480. The number of thiazole rings is 1. The summed E-state index contributed by atoms with van der Waals surface area (Å²) in [6.07, 6.45) is 2.35. The number of hydrogen-bond donors (Lipinski definition) is 1. The van der Waals surface area contributed by atoms with Gasteiger partial charge in [-0.3, -0.25) is 0 Å². The highest BCUT2D eigenvalue weighted by atomic mass is 32.1. The van der Waals surface area contributed by atoms with Gasteiger partial charge in [-0.05, 0) is 25.7 Å². The summed E-state index contributed by atoms with van der Waals surface area (Å²) >= 11 is 1.40. The molecule has 82 valence electrons. The van der Waals surface area contributed by atoms with Gasteiger partial charge in [-0.1, -0.05) is 0 Å². The summed E-state index contributed by atoms with van der Waals surface area (Å²) in [5, 5.41) is 2.47. The maximum absolute atomic E-state index is 11.5. The number of hydrogen-bond acceptors (Lipinski definition) is 5. The standard InChI is InChI=1S/C10H14N2O2S/c1-6(11)9-12-8(5-15-9)10(13)14-4-7-2-3-7/h5-7H,2-4,11H2,1H3. The molecule has 1 fully saturated rings. The molecule has 15 heavy (non-hydrogen) atoms. The third-order valence-corrected chi connectivity index (χ3v) is 3.31. The first-order valence-electron chi connectivity index (χ1n) is 5.05. The number of aromatic nitrogens is 1. The number of rotatable bonds is 4. The lowest BCUT2D eigenvalue weighted by atomic mass is 10.4. The number of ether oxygens (including phenoxy) is 1. The molecule has 0 amide bonds. The van der Waals surface area contributed by atoms with Gasteiger partial charge in [0.2, 0.25) is 0 Å². The topological polar surface area (TPSA) is 65.2 Å². The summed E-state index contributed by atoms with van der Waals surface area (Å²) < 4.78 is 5.11. The highest BCUT2D eigenvalue weighted by Gasteiger charge is 2.24. The van der Waals surface area contributed by atoms with E-state index in [0.717, 1.165) is 5.01 Å². The molecule has 1 aromatic rings.